The lowest BCUT2D eigenvalue weighted by atomic mass is 10.1. The first-order valence-corrected chi connectivity index (χ1v) is 5.93. The standard InChI is InChI=1S/C11H12ClN5O2/c1-6(2)7-8(12)13-4-14-10(7)17-5-15-9(16-17)11(18)19-3/h4-6H,1-3H3. The van der Waals surface area contributed by atoms with E-state index in [9.17, 15) is 4.79 Å². The van der Waals surface area contributed by atoms with Crippen molar-refractivity contribution in [1.29, 1.82) is 0 Å². The topological polar surface area (TPSA) is 82.8 Å². The minimum atomic E-state index is -0.606. The van der Waals surface area contributed by atoms with Gasteiger partial charge in [-0.15, -0.1) is 5.10 Å². The summed E-state index contributed by atoms with van der Waals surface area (Å²) < 4.78 is 5.93. The Morgan fingerprint density at radius 3 is 2.74 bits per heavy atom. The van der Waals surface area contributed by atoms with E-state index in [1.807, 2.05) is 13.8 Å². The van der Waals surface area contributed by atoms with Gasteiger partial charge in [-0.3, -0.25) is 0 Å². The number of nitrogens with zero attached hydrogens (tertiary/aromatic N) is 5. The van der Waals surface area contributed by atoms with E-state index in [0.717, 1.165) is 5.56 Å². The molecule has 2 heterocycles. The molecule has 7 nitrogen and oxygen atoms in total. The Morgan fingerprint density at radius 1 is 1.37 bits per heavy atom. The molecule has 0 aliphatic heterocycles. The van der Waals surface area contributed by atoms with E-state index in [4.69, 9.17) is 11.6 Å². The van der Waals surface area contributed by atoms with Crippen LogP contribution in [0.25, 0.3) is 5.82 Å². The summed E-state index contributed by atoms with van der Waals surface area (Å²) in [6, 6.07) is 0. The minimum Gasteiger partial charge on any atom is -0.463 e. The van der Waals surface area contributed by atoms with Crippen LogP contribution in [0.15, 0.2) is 12.7 Å². The van der Waals surface area contributed by atoms with Crippen LogP contribution in [0.3, 0.4) is 0 Å². The third-order valence-electron chi connectivity index (χ3n) is 2.47. The van der Waals surface area contributed by atoms with Crippen LogP contribution in [0.5, 0.6) is 0 Å². The van der Waals surface area contributed by atoms with Crippen LogP contribution in [0, 0.1) is 0 Å². The molecule has 0 bridgehead atoms. The zero-order valence-electron chi connectivity index (χ0n) is 10.7. The summed E-state index contributed by atoms with van der Waals surface area (Å²) >= 11 is 6.07. The first-order valence-electron chi connectivity index (χ1n) is 5.55. The maximum atomic E-state index is 11.3. The molecule has 0 atom stereocenters. The summed E-state index contributed by atoms with van der Waals surface area (Å²) in [4.78, 5) is 23.3. The van der Waals surface area contributed by atoms with Crippen molar-refractivity contribution < 1.29 is 9.53 Å². The maximum Gasteiger partial charge on any atom is 0.377 e. The molecule has 0 aliphatic rings. The van der Waals surface area contributed by atoms with Crippen molar-refractivity contribution >= 4 is 17.6 Å². The molecule has 0 saturated heterocycles. The van der Waals surface area contributed by atoms with Crippen LogP contribution in [-0.4, -0.2) is 37.8 Å². The van der Waals surface area contributed by atoms with Gasteiger partial charge < -0.3 is 4.74 Å². The van der Waals surface area contributed by atoms with E-state index in [0.29, 0.717) is 11.0 Å². The van der Waals surface area contributed by atoms with Crippen LogP contribution in [0.2, 0.25) is 5.15 Å². The first kappa shape index (κ1) is 13.4. The molecule has 0 aliphatic carbocycles. The summed E-state index contributed by atoms with van der Waals surface area (Å²) in [5, 5.41) is 4.37. The average molecular weight is 282 g/mol. The molecule has 0 unspecified atom stereocenters. The molecule has 2 aromatic rings. The first-order chi connectivity index (χ1) is 9.04. The van der Waals surface area contributed by atoms with Gasteiger partial charge >= 0.3 is 5.97 Å². The molecule has 100 valence electrons. The summed E-state index contributed by atoms with van der Waals surface area (Å²) in [6.45, 7) is 3.93. The molecule has 2 aromatic heterocycles. The second kappa shape index (κ2) is 5.31. The Kier molecular flexibility index (Phi) is 3.75. The molecule has 0 spiro atoms. The molecule has 2 rings (SSSR count). The number of hydrogen-bond donors (Lipinski definition) is 0. The number of carbonyl (C=O) groups is 1. The zero-order valence-corrected chi connectivity index (χ0v) is 11.4. The van der Waals surface area contributed by atoms with Gasteiger partial charge in [0.1, 0.15) is 17.8 Å². The fraction of sp³-hybridized carbons (Fsp3) is 0.364. The van der Waals surface area contributed by atoms with Gasteiger partial charge in [0.25, 0.3) is 5.82 Å². The quantitative estimate of drug-likeness (QED) is 0.628. The lowest BCUT2D eigenvalue weighted by molar-refractivity contribution is 0.0587. The van der Waals surface area contributed by atoms with E-state index < -0.39 is 5.97 Å². The van der Waals surface area contributed by atoms with Gasteiger partial charge in [-0.1, -0.05) is 25.4 Å². The number of hydrogen-bond acceptors (Lipinski definition) is 6. The van der Waals surface area contributed by atoms with Crippen LogP contribution < -0.4 is 0 Å². The third kappa shape index (κ3) is 2.55. The van der Waals surface area contributed by atoms with Crippen LogP contribution >= 0.6 is 11.6 Å². The Balaban J connectivity index is 2.50. The van der Waals surface area contributed by atoms with E-state index >= 15 is 0 Å². The number of methoxy groups -OCH3 is 1. The van der Waals surface area contributed by atoms with Gasteiger partial charge in [0.2, 0.25) is 0 Å². The normalized spacial score (nSPS) is 10.8. The van der Waals surface area contributed by atoms with Crippen LogP contribution in [0.1, 0.15) is 35.9 Å². The SMILES string of the molecule is COC(=O)c1ncn(-c2ncnc(Cl)c2C(C)C)n1. The summed E-state index contributed by atoms with van der Waals surface area (Å²) in [7, 11) is 1.27. The zero-order chi connectivity index (χ0) is 14.0. The largest absolute Gasteiger partial charge is 0.463 e. The van der Waals surface area contributed by atoms with Crippen LogP contribution in [0.4, 0.5) is 0 Å². The van der Waals surface area contributed by atoms with Crippen molar-refractivity contribution in [2.24, 2.45) is 0 Å². The van der Waals surface area contributed by atoms with E-state index in [2.05, 4.69) is 24.8 Å². The highest BCUT2D eigenvalue weighted by atomic mass is 35.5. The van der Waals surface area contributed by atoms with Gasteiger partial charge in [-0.2, -0.15) is 0 Å². The van der Waals surface area contributed by atoms with Gasteiger partial charge in [0.15, 0.2) is 5.82 Å². The average Bonchev–Trinajstić information content (AvgIpc) is 2.86. The number of aromatic nitrogens is 5. The van der Waals surface area contributed by atoms with Crippen molar-refractivity contribution in [2.45, 2.75) is 19.8 Å². The summed E-state index contributed by atoms with van der Waals surface area (Å²) in [5.74, 6) is -0.0379. The van der Waals surface area contributed by atoms with Crippen LogP contribution in [-0.2, 0) is 4.74 Å². The fourth-order valence-corrected chi connectivity index (χ4v) is 1.94. The second-order valence-electron chi connectivity index (χ2n) is 4.06. The Morgan fingerprint density at radius 2 is 2.11 bits per heavy atom. The molecule has 8 heteroatoms. The predicted molar refractivity (Wildman–Crippen MR) is 67.4 cm³/mol. The van der Waals surface area contributed by atoms with Gasteiger partial charge in [0, 0.05) is 5.56 Å². The number of ether oxygens (including phenoxy) is 1. The number of esters is 1. The third-order valence-corrected chi connectivity index (χ3v) is 2.77. The molecule has 0 radical (unpaired) electrons. The van der Waals surface area contributed by atoms with Gasteiger partial charge in [0.05, 0.1) is 7.11 Å². The maximum absolute atomic E-state index is 11.3. The molecule has 0 amide bonds. The highest BCUT2D eigenvalue weighted by Gasteiger charge is 2.18. The van der Waals surface area contributed by atoms with E-state index in [1.165, 1.54) is 24.4 Å². The van der Waals surface area contributed by atoms with Gasteiger partial charge in [-0.25, -0.2) is 24.4 Å². The van der Waals surface area contributed by atoms with Crippen molar-refractivity contribution in [3.63, 3.8) is 0 Å². The molecule has 0 aromatic carbocycles. The fourth-order valence-electron chi connectivity index (χ4n) is 1.59. The lowest BCUT2D eigenvalue weighted by Crippen LogP contribution is -2.09. The molecular formula is C11H12ClN5O2. The smallest absolute Gasteiger partial charge is 0.377 e. The molecule has 0 saturated carbocycles. The molecule has 0 N–H and O–H groups in total. The number of carbonyl (C=O) groups excluding carboxylic acids is 1. The molecular weight excluding hydrogens is 270 g/mol. The van der Waals surface area contributed by atoms with E-state index in [1.54, 1.807) is 0 Å². The lowest BCUT2D eigenvalue weighted by Gasteiger charge is -2.11. The Bertz CT molecular complexity index is 611. The predicted octanol–water partition coefficient (Wildman–Crippen LogP) is 1.62. The Hall–Kier alpha value is -2.02. The van der Waals surface area contributed by atoms with Gasteiger partial charge in [-0.05, 0) is 5.92 Å². The summed E-state index contributed by atoms with van der Waals surface area (Å²) in [6.07, 6.45) is 2.72. The molecule has 19 heavy (non-hydrogen) atoms. The monoisotopic (exact) mass is 281 g/mol. The van der Waals surface area contributed by atoms with Crippen molar-refractivity contribution in [2.75, 3.05) is 7.11 Å². The van der Waals surface area contributed by atoms with E-state index in [-0.39, 0.29) is 11.7 Å². The summed E-state index contributed by atoms with van der Waals surface area (Å²) in [5.41, 5.74) is 0.741. The highest BCUT2D eigenvalue weighted by molar-refractivity contribution is 6.30. The Labute approximate surface area is 114 Å². The minimum absolute atomic E-state index is 0.0352. The highest BCUT2D eigenvalue weighted by Crippen LogP contribution is 2.26. The number of halogens is 1. The van der Waals surface area contributed by atoms with Crippen molar-refractivity contribution in [3.8, 4) is 5.82 Å². The second-order valence-corrected chi connectivity index (χ2v) is 4.42. The van der Waals surface area contributed by atoms with Crippen molar-refractivity contribution in [3.05, 3.63) is 29.2 Å². The van der Waals surface area contributed by atoms with Crippen molar-refractivity contribution in [1.82, 2.24) is 24.7 Å². The molecule has 0 fully saturated rings. The number of rotatable bonds is 3.